The summed E-state index contributed by atoms with van der Waals surface area (Å²) in [6.07, 6.45) is 20.5. The lowest BCUT2D eigenvalue weighted by molar-refractivity contribution is 0.660. The van der Waals surface area contributed by atoms with Crippen LogP contribution in [0.3, 0.4) is 0 Å². The maximum absolute atomic E-state index is 2.49. The molecule has 4 bridgehead atoms. The number of nitrogens with zero attached hydrogens (tertiary/aromatic N) is 2. The Morgan fingerprint density at radius 3 is 1.77 bits per heavy atom. The van der Waals surface area contributed by atoms with Gasteiger partial charge in [0.15, 0.2) is 0 Å². The highest BCUT2D eigenvalue weighted by Crippen LogP contribution is 2.53. The molecule has 0 heterocycles. The first-order valence-electron chi connectivity index (χ1n) is 21.8. The summed E-state index contributed by atoms with van der Waals surface area (Å²) in [5.41, 5.74) is 17.9. The van der Waals surface area contributed by atoms with E-state index in [0.717, 1.165) is 37.1 Å². The van der Waals surface area contributed by atoms with Crippen molar-refractivity contribution in [2.45, 2.75) is 44.9 Å². The van der Waals surface area contributed by atoms with E-state index in [2.05, 4.69) is 218 Å². The van der Waals surface area contributed by atoms with Gasteiger partial charge in [-0.05, 0) is 147 Å². The molecule has 8 aromatic rings. The van der Waals surface area contributed by atoms with Crippen molar-refractivity contribution in [1.29, 1.82) is 0 Å². The van der Waals surface area contributed by atoms with Crippen molar-refractivity contribution in [3.63, 3.8) is 0 Å². The number of hydrogen-bond donors (Lipinski definition) is 0. The summed E-state index contributed by atoms with van der Waals surface area (Å²) in [5.74, 6) is 0. The van der Waals surface area contributed by atoms with Crippen LogP contribution in [0.15, 0.2) is 222 Å². The lowest BCUT2D eigenvalue weighted by Gasteiger charge is -2.33. The van der Waals surface area contributed by atoms with E-state index in [4.69, 9.17) is 0 Å². The second-order valence-electron chi connectivity index (χ2n) is 17.7. The molecule has 0 radical (unpaired) electrons. The van der Waals surface area contributed by atoms with Crippen LogP contribution in [0.1, 0.15) is 50.7 Å². The second-order valence-corrected chi connectivity index (χ2v) is 17.7. The van der Waals surface area contributed by atoms with Crippen LogP contribution < -0.4 is 9.80 Å². The second kappa shape index (κ2) is 14.0. The molecule has 292 valence electrons. The molecule has 4 aliphatic carbocycles. The van der Waals surface area contributed by atoms with Crippen LogP contribution in [-0.2, 0) is 5.41 Å². The number of rotatable bonds is 6. The first-order chi connectivity index (χ1) is 30.0. The molecule has 0 fully saturated rings. The van der Waals surface area contributed by atoms with Crippen molar-refractivity contribution in [2.75, 3.05) is 9.80 Å². The van der Waals surface area contributed by atoms with E-state index in [-0.39, 0.29) is 5.41 Å². The molecule has 12 rings (SSSR count). The molecule has 4 aliphatic rings. The standard InChI is InChI=1S/C59H46N2/c1-59(2)53-37-48(60(46-15-5-3-6-16-46)55-33-22-41-20-19-39-11-9-12-40(35-39)21-23-45(55)36-41)28-31-50(53)51-32-29-49(38-54(51)59)61(47-17-7-4-8-18-47)56-34-27-44-25-24-42-13-10-14-43-26-30-52(56)58(44)57(42)43/h3-18,21-34,37-38H,19-20,35-36H2,1-2H3/b40-21-,45-23+. The number of hydrogen-bond acceptors (Lipinski definition) is 2. The van der Waals surface area contributed by atoms with Crippen LogP contribution in [-0.4, -0.2) is 0 Å². The van der Waals surface area contributed by atoms with Crippen molar-refractivity contribution in [3.05, 3.63) is 233 Å². The molecule has 2 heteroatoms. The Kier molecular flexibility index (Phi) is 8.19. The minimum absolute atomic E-state index is 0.239. The van der Waals surface area contributed by atoms with Gasteiger partial charge >= 0.3 is 0 Å². The van der Waals surface area contributed by atoms with E-state index in [1.54, 1.807) is 0 Å². The van der Waals surface area contributed by atoms with Gasteiger partial charge in [-0.2, -0.15) is 0 Å². The van der Waals surface area contributed by atoms with Gasteiger partial charge in [-0.15, -0.1) is 0 Å². The van der Waals surface area contributed by atoms with Gasteiger partial charge in [-0.25, -0.2) is 0 Å². The van der Waals surface area contributed by atoms with E-state index >= 15 is 0 Å². The number of allylic oxidation sites excluding steroid dienone is 11. The van der Waals surface area contributed by atoms with Crippen LogP contribution in [0, 0.1) is 0 Å². The van der Waals surface area contributed by atoms with E-state index in [1.807, 2.05) is 0 Å². The number of para-hydroxylation sites is 2. The predicted octanol–water partition coefficient (Wildman–Crippen LogP) is 16.2. The van der Waals surface area contributed by atoms with Crippen LogP contribution in [0.5, 0.6) is 0 Å². The average Bonchev–Trinajstić information content (AvgIpc) is 3.53. The summed E-state index contributed by atoms with van der Waals surface area (Å²) in [6.45, 7) is 4.82. The first-order valence-corrected chi connectivity index (χ1v) is 21.8. The molecular weight excluding hydrogens is 737 g/mol. The molecule has 0 aliphatic heterocycles. The summed E-state index contributed by atoms with van der Waals surface area (Å²) < 4.78 is 0. The Labute approximate surface area is 358 Å². The first kappa shape index (κ1) is 35.8. The highest BCUT2D eigenvalue weighted by Gasteiger charge is 2.37. The van der Waals surface area contributed by atoms with E-state index in [1.165, 1.54) is 99.6 Å². The van der Waals surface area contributed by atoms with Gasteiger partial charge in [0.2, 0.25) is 0 Å². The van der Waals surface area contributed by atoms with Crippen LogP contribution in [0.2, 0.25) is 0 Å². The van der Waals surface area contributed by atoms with Gasteiger partial charge in [-0.3, -0.25) is 0 Å². The van der Waals surface area contributed by atoms with E-state index < -0.39 is 0 Å². The Morgan fingerprint density at radius 1 is 0.459 bits per heavy atom. The average molecular weight is 783 g/mol. The summed E-state index contributed by atoms with van der Waals surface area (Å²) in [7, 11) is 0. The maximum Gasteiger partial charge on any atom is 0.0540 e. The van der Waals surface area contributed by atoms with Crippen molar-refractivity contribution >= 4 is 60.8 Å². The molecule has 0 spiro atoms. The summed E-state index contributed by atoms with van der Waals surface area (Å²) in [4.78, 5) is 4.95. The Hall–Kier alpha value is -7.16. The third kappa shape index (κ3) is 5.85. The van der Waals surface area contributed by atoms with E-state index in [0.29, 0.717) is 0 Å². The third-order valence-electron chi connectivity index (χ3n) is 13.7. The number of anilines is 5. The molecule has 0 amide bonds. The Balaban J connectivity index is 0.978. The molecule has 61 heavy (non-hydrogen) atoms. The Bertz CT molecular complexity index is 3250. The van der Waals surface area contributed by atoms with Gasteiger partial charge in [0.05, 0.1) is 5.69 Å². The monoisotopic (exact) mass is 782 g/mol. The largest absolute Gasteiger partial charge is 0.310 e. The zero-order valence-electron chi connectivity index (χ0n) is 34.7. The van der Waals surface area contributed by atoms with Gasteiger partial charge in [-0.1, -0.05) is 159 Å². The van der Waals surface area contributed by atoms with Crippen LogP contribution in [0.25, 0.3) is 43.4 Å². The fourth-order valence-corrected chi connectivity index (χ4v) is 10.7. The van der Waals surface area contributed by atoms with E-state index in [9.17, 15) is 0 Å². The molecule has 2 nitrogen and oxygen atoms in total. The third-order valence-corrected chi connectivity index (χ3v) is 13.7. The highest BCUT2D eigenvalue weighted by atomic mass is 15.2. The molecule has 0 unspecified atom stereocenters. The lowest BCUT2D eigenvalue weighted by Crippen LogP contribution is -2.21. The summed E-state index contributed by atoms with van der Waals surface area (Å²) in [5, 5.41) is 7.76. The highest BCUT2D eigenvalue weighted by molar-refractivity contribution is 6.25. The fraction of sp³-hybridized carbons (Fsp3) is 0.119. The normalized spacial score (nSPS) is 18.0. The van der Waals surface area contributed by atoms with Crippen molar-refractivity contribution in [3.8, 4) is 11.1 Å². The molecule has 0 saturated carbocycles. The molecular formula is C59H46N2. The number of benzene rings is 8. The minimum atomic E-state index is -0.239. The molecule has 8 aromatic carbocycles. The minimum Gasteiger partial charge on any atom is -0.310 e. The summed E-state index contributed by atoms with van der Waals surface area (Å²) in [6, 6.07) is 56.6. The van der Waals surface area contributed by atoms with Crippen LogP contribution in [0.4, 0.5) is 28.4 Å². The van der Waals surface area contributed by atoms with Crippen molar-refractivity contribution < 1.29 is 0 Å². The lowest BCUT2D eigenvalue weighted by atomic mass is 9.82. The van der Waals surface area contributed by atoms with Gasteiger partial charge in [0, 0.05) is 39.2 Å². The quantitative estimate of drug-likeness (QED) is 0.155. The van der Waals surface area contributed by atoms with Crippen molar-refractivity contribution in [2.24, 2.45) is 0 Å². The predicted molar refractivity (Wildman–Crippen MR) is 259 cm³/mol. The fourth-order valence-electron chi connectivity index (χ4n) is 10.7. The zero-order valence-corrected chi connectivity index (χ0v) is 34.7. The smallest absolute Gasteiger partial charge is 0.0540 e. The molecule has 0 atom stereocenters. The maximum atomic E-state index is 2.49. The Morgan fingerprint density at radius 2 is 1.07 bits per heavy atom. The van der Waals surface area contributed by atoms with Gasteiger partial charge < -0.3 is 9.80 Å². The molecule has 0 saturated heterocycles. The zero-order chi connectivity index (χ0) is 40.7. The van der Waals surface area contributed by atoms with Crippen LogP contribution >= 0.6 is 0 Å². The number of fused-ring (bicyclic) bond motifs is 7. The molecule has 0 N–H and O–H groups in total. The van der Waals surface area contributed by atoms with Gasteiger partial charge in [0.1, 0.15) is 0 Å². The van der Waals surface area contributed by atoms with Crippen molar-refractivity contribution in [1.82, 2.24) is 0 Å². The summed E-state index contributed by atoms with van der Waals surface area (Å²) >= 11 is 0. The van der Waals surface area contributed by atoms with Gasteiger partial charge in [0.25, 0.3) is 0 Å². The molecule has 0 aromatic heterocycles. The topological polar surface area (TPSA) is 6.48 Å². The SMILES string of the molecule is CC1(C)c2cc(N(C3=CC=C4CCC5=CC=C/C(=C/C=C/3C4)C5)c3ccccc3)ccc2-c2ccc(N(c3ccccc3)c3ccc4ccc5cccc6ccc3c4c56)cc21.